The first kappa shape index (κ1) is 18.7. The number of hydrogen-bond donors (Lipinski definition) is 0. The number of hydrogen-bond acceptors (Lipinski definition) is 7. The van der Waals surface area contributed by atoms with Crippen LogP contribution in [0.1, 0.15) is 19.5 Å². The number of amides is 1. The van der Waals surface area contributed by atoms with Crippen LogP contribution in [0.5, 0.6) is 0 Å². The summed E-state index contributed by atoms with van der Waals surface area (Å²) in [6.45, 7) is 14.5. The van der Waals surface area contributed by atoms with E-state index in [-0.39, 0.29) is 6.09 Å². The highest BCUT2D eigenvalue weighted by Gasteiger charge is 2.24. The van der Waals surface area contributed by atoms with Gasteiger partial charge in [0.05, 0.1) is 6.61 Å². The largest absolute Gasteiger partial charge is 0.450 e. The number of aryl methyl sites for hydroxylation is 1. The van der Waals surface area contributed by atoms with Gasteiger partial charge in [0.2, 0.25) is 5.95 Å². The molecule has 2 fully saturated rings. The van der Waals surface area contributed by atoms with Crippen molar-refractivity contribution in [2.24, 2.45) is 0 Å². The average Bonchev–Trinajstić information content (AvgIpc) is 2.68. The number of aromatic nitrogens is 2. The van der Waals surface area contributed by atoms with E-state index in [2.05, 4.69) is 26.6 Å². The molecule has 26 heavy (non-hydrogen) atoms. The number of piperazine rings is 2. The van der Waals surface area contributed by atoms with E-state index in [1.165, 1.54) is 0 Å². The SMILES string of the molecule is CCOC(=O)N1CCN(c2cc(C)nc(N3CCN(CC)CC3)n2)CC1. The Labute approximate surface area is 155 Å². The van der Waals surface area contributed by atoms with E-state index in [1.54, 1.807) is 4.90 Å². The summed E-state index contributed by atoms with van der Waals surface area (Å²) in [6.07, 6.45) is -0.222. The summed E-state index contributed by atoms with van der Waals surface area (Å²) in [6, 6.07) is 2.03. The predicted octanol–water partition coefficient (Wildman–Crippen LogP) is 1.21. The van der Waals surface area contributed by atoms with Crippen LogP contribution in [0, 0.1) is 6.92 Å². The van der Waals surface area contributed by atoms with Crippen molar-refractivity contribution in [1.29, 1.82) is 0 Å². The molecular weight excluding hydrogens is 332 g/mol. The minimum absolute atomic E-state index is 0.222. The van der Waals surface area contributed by atoms with Gasteiger partial charge in [0.1, 0.15) is 5.82 Å². The van der Waals surface area contributed by atoms with Crippen LogP contribution >= 0.6 is 0 Å². The highest BCUT2D eigenvalue weighted by Crippen LogP contribution is 2.20. The molecule has 0 spiro atoms. The second kappa shape index (κ2) is 8.53. The lowest BCUT2D eigenvalue weighted by Gasteiger charge is -2.36. The number of carbonyl (C=O) groups is 1. The molecule has 1 aromatic heterocycles. The molecule has 0 radical (unpaired) electrons. The van der Waals surface area contributed by atoms with Crippen molar-refractivity contribution in [2.75, 3.05) is 75.3 Å². The second-order valence-corrected chi connectivity index (χ2v) is 6.76. The molecule has 144 valence electrons. The van der Waals surface area contributed by atoms with Crippen molar-refractivity contribution in [1.82, 2.24) is 19.8 Å². The minimum Gasteiger partial charge on any atom is -0.450 e. The molecule has 0 aliphatic carbocycles. The first-order chi connectivity index (χ1) is 12.6. The predicted molar refractivity (Wildman–Crippen MR) is 102 cm³/mol. The summed E-state index contributed by atoms with van der Waals surface area (Å²) >= 11 is 0. The lowest BCUT2D eigenvalue weighted by atomic mass is 10.3. The van der Waals surface area contributed by atoms with Crippen LogP contribution < -0.4 is 9.80 Å². The van der Waals surface area contributed by atoms with E-state index in [0.717, 1.165) is 63.3 Å². The maximum Gasteiger partial charge on any atom is 0.409 e. The Balaban J connectivity index is 1.64. The quantitative estimate of drug-likeness (QED) is 0.797. The van der Waals surface area contributed by atoms with Crippen LogP contribution in [-0.4, -0.2) is 91.4 Å². The van der Waals surface area contributed by atoms with Crippen molar-refractivity contribution in [3.05, 3.63) is 11.8 Å². The maximum atomic E-state index is 11.9. The van der Waals surface area contributed by atoms with E-state index < -0.39 is 0 Å². The Kier molecular flexibility index (Phi) is 6.13. The van der Waals surface area contributed by atoms with Crippen LogP contribution in [-0.2, 0) is 4.74 Å². The number of rotatable bonds is 4. The molecule has 1 amide bonds. The third-order valence-corrected chi connectivity index (χ3v) is 5.06. The lowest BCUT2D eigenvalue weighted by molar-refractivity contribution is 0.105. The molecule has 0 unspecified atom stereocenters. The highest BCUT2D eigenvalue weighted by atomic mass is 16.6. The molecule has 0 atom stereocenters. The average molecular weight is 362 g/mol. The fourth-order valence-corrected chi connectivity index (χ4v) is 3.44. The molecule has 0 saturated carbocycles. The zero-order valence-corrected chi connectivity index (χ0v) is 16.1. The maximum absolute atomic E-state index is 11.9. The van der Waals surface area contributed by atoms with Crippen LogP contribution in [0.15, 0.2) is 6.07 Å². The first-order valence-electron chi connectivity index (χ1n) is 9.60. The van der Waals surface area contributed by atoms with Gasteiger partial charge in [-0.1, -0.05) is 6.92 Å². The van der Waals surface area contributed by atoms with Gasteiger partial charge < -0.3 is 24.3 Å². The topological polar surface area (TPSA) is 65.0 Å². The van der Waals surface area contributed by atoms with Gasteiger partial charge in [0.25, 0.3) is 0 Å². The van der Waals surface area contributed by atoms with E-state index in [4.69, 9.17) is 9.72 Å². The van der Waals surface area contributed by atoms with Crippen LogP contribution in [0.25, 0.3) is 0 Å². The summed E-state index contributed by atoms with van der Waals surface area (Å²) in [5, 5.41) is 0. The lowest BCUT2D eigenvalue weighted by Crippen LogP contribution is -2.49. The minimum atomic E-state index is -0.222. The van der Waals surface area contributed by atoms with Gasteiger partial charge in [-0.05, 0) is 20.4 Å². The Morgan fingerprint density at radius 2 is 1.65 bits per heavy atom. The summed E-state index contributed by atoms with van der Waals surface area (Å²) in [5.41, 5.74) is 0.982. The molecule has 3 rings (SSSR count). The van der Waals surface area contributed by atoms with Crippen molar-refractivity contribution >= 4 is 17.9 Å². The van der Waals surface area contributed by atoms with Gasteiger partial charge in [-0.25, -0.2) is 9.78 Å². The van der Waals surface area contributed by atoms with Crippen LogP contribution in [0.4, 0.5) is 16.6 Å². The third kappa shape index (κ3) is 4.35. The van der Waals surface area contributed by atoms with Gasteiger partial charge in [-0.2, -0.15) is 4.98 Å². The van der Waals surface area contributed by atoms with Gasteiger partial charge in [0.15, 0.2) is 0 Å². The number of anilines is 2. The fraction of sp³-hybridized carbons (Fsp3) is 0.722. The third-order valence-electron chi connectivity index (χ3n) is 5.06. The molecule has 0 N–H and O–H groups in total. The molecule has 1 aromatic rings. The van der Waals surface area contributed by atoms with Crippen molar-refractivity contribution < 1.29 is 9.53 Å². The Hall–Kier alpha value is -2.09. The van der Waals surface area contributed by atoms with E-state index in [0.29, 0.717) is 19.7 Å². The Bertz CT molecular complexity index is 610. The molecule has 3 heterocycles. The van der Waals surface area contributed by atoms with Gasteiger partial charge >= 0.3 is 6.09 Å². The summed E-state index contributed by atoms with van der Waals surface area (Å²) in [5.74, 6) is 1.78. The number of ether oxygens (including phenoxy) is 1. The molecule has 0 aromatic carbocycles. The molecule has 2 saturated heterocycles. The Morgan fingerprint density at radius 1 is 1.00 bits per heavy atom. The van der Waals surface area contributed by atoms with Crippen molar-refractivity contribution in [3.8, 4) is 0 Å². The molecular formula is C18H30N6O2. The van der Waals surface area contributed by atoms with Crippen LogP contribution in [0.2, 0.25) is 0 Å². The van der Waals surface area contributed by atoms with Gasteiger partial charge in [-0.3, -0.25) is 0 Å². The summed E-state index contributed by atoms with van der Waals surface area (Å²) in [7, 11) is 0. The number of carbonyl (C=O) groups excluding carboxylic acids is 1. The first-order valence-corrected chi connectivity index (χ1v) is 9.60. The monoisotopic (exact) mass is 362 g/mol. The molecule has 0 bridgehead atoms. The molecule has 8 heteroatoms. The van der Waals surface area contributed by atoms with Crippen molar-refractivity contribution in [3.63, 3.8) is 0 Å². The number of nitrogens with zero attached hydrogens (tertiary/aromatic N) is 6. The van der Waals surface area contributed by atoms with Crippen LogP contribution in [0.3, 0.4) is 0 Å². The van der Waals surface area contributed by atoms with Gasteiger partial charge in [0, 0.05) is 64.1 Å². The van der Waals surface area contributed by atoms with E-state index in [1.807, 2.05) is 19.9 Å². The second-order valence-electron chi connectivity index (χ2n) is 6.76. The summed E-state index contributed by atoms with van der Waals surface area (Å²) in [4.78, 5) is 30.1. The van der Waals surface area contributed by atoms with Crippen molar-refractivity contribution in [2.45, 2.75) is 20.8 Å². The summed E-state index contributed by atoms with van der Waals surface area (Å²) < 4.78 is 5.09. The van der Waals surface area contributed by atoms with Gasteiger partial charge in [-0.15, -0.1) is 0 Å². The zero-order chi connectivity index (χ0) is 18.5. The van der Waals surface area contributed by atoms with E-state index >= 15 is 0 Å². The fourth-order valence-electron chi connectivity index (χ4n) is 3.44. The smallest absolute Gasteiger partial charge is 0.409 e. The standard InChI is InChI=1S/C18H30N6O2/c1-4-21-6-8-23(9-7-21)17-19-15(3)14-16(20-17)22-10-12-24(13-11-22)18(25)26-5-2/h14H,4-13H2,1-3H3. The Morgan fingerprint density at radius 3 is 2.27 bits per heavy atom. The number of likely N-dealkylation sites (N-methyl/N-ethyl adjacent to an activating group) is 1. The molecule has 8 nitrogen and oxygen atoms in total. The highest BCUT2D eigenvalue weighted by molar-refractivity contribution is 5.68. The van der Waals surface area contributed by atoms with E-state index in [9.17, 15) is 4.79 Å². The molecule has 2 aliphatic rings. The molecule has 2 aliphatic heterocycles. The normalized spacial score (nSPS) is 19.0. The zero-order valence-electron chi connectivity index (χ0n) is 16.1.